The maximum Gasteiger partial charge on any atom is 0.316 e. The van der Waals surface area contributed by atoms with Gasteiger partial charge in [0.2, 0.25) is 0 Å². The summed E-state index contributed by atoms with van der Waals surface area (Å²) in [4.78, 5) is 14.9. The number of anilines is 2. The molecule has 0 saturated carbocycles. The summed E-state index contributed by atoms with van der Waals surface area (Å²) in [7, 11) is 0. The second-order valence-corrected chi connectivity index (χ2v) is 4.12. The Labute approximate surface area is 103 Å². The standard InChI is InChI=1S/C11H12N4OS/c12-11(16)15-9-3-1-2-8(4-9)13-5-10-6-17-7-14-10/h1-4,6-7,13H,5H2,(H3,12,15,16). The van der Waals surface area contributed by atoms with E-state index < -0.39 is 6.03 Å². The van der Waals surface area contributed by atoms with Crippen LogP contribution in [0.25, 0.3) is 0 Å². The number of carbonyl (C=O) groups is 1. The summed E-state index contributed by atoms with van der Waals surface area (Å²) < 4.78 is 0. The lowest BCUT2D eigenvalue weighted by atomic mass is 10.2. The fraction of sp³-hybridized carbons (Fsp3) is 0.0909. The van der Waals surface area contributed by atoms with Gasteiger partial charge in [-0.1, -0.05) is 6.07 Å². The molecule has 0 saturated heterocycles. The number of primary amides is 1. The maximum atomic E-state index is 10.7. The van der Waals surface area contributed by atoms with Gasteiger partial charge < -0.3 is 16.4 Å². The number of amides is 2. The van der Waals surface area contributed by atoms with Crippen LogP contribution in [-0.4, -0.2) is 11.0 Å². The number of carbonyl (C=O) groups excluding carboxylic acids is 1. The molecule has 88 valence electrons. The normalized spacial score (nSPS) is 9.88. The van der Waals surface area contributed by atoms with Gasteiger partial charge in [0, 0.05) is 16.8 Å². The Kier molecular flexibility index (Phi) is 3.56. The van der Waals surface area contributed by atoms with Gasteiger partial charge in [0.15, 0.2) is 0 Å². The van der Waals surface area contributed by atoms with E-state index in [1.165, 1.54) is 0 Å². The van der Waals surface area contributed by atoms with E-state index in [2.05, 4.69) is 15.6 Å². The average Bonchev–Trinajstić information content (AvgIpc) is 2.79. The smallest absolute Gasteiger partial charge is 0.316 e. The van der Waals surface area contributed by atoms with Crippen LogP contribution in [0.2, 0.25) is 0 Å². The summed E-state index contributed by atoms with van der Waals surface area (Å²) in [5, 5.41) is 7.72. The lowest BCUT2D eigenvalue weighted by molar-refractivity contribution is 0.259. The number of nitrogens with zero attached hydrogens (tertiary/aromatic N) is 1. The van der Waals surface area contributed by atoms with Crippen molar-refractivity contribution in [1.29, 1.82) is 0 Å². The first kappa shape index (κ1) is 11.4. The highest BCUT2D eigenvalue weighted by Gasteiger charge is 1.99. The average molecular weight is 248 g/mol. The molecule has 0 bridgehead atoms. The Morgan fingerprint density at radius 2 is 2.24 bits per heavy atom. The molecule has 0 atom stereocenters. The topological polar surface area (TPSA) is 80.0 Å². The Morgan fingerprint density at radius 3 is 2.94 bits per heavy atom. The third-order valence-electron chi connectivity index (χ3n) is 2.09. The number of hydrogen-bond acceptors (Lipinski definition) is 4. The van der Waals surface area contributed by atoms with Crippen LogP contribution in [0.3, 0.4) is 0 Å². The van der Waals surface area contributed by atoms with Gasteiger partial charge in [-0.3, -0.25) is 0 Å². The molecular weight excluding hydrogens is 236 g/mol. The van der Waals surface area contributed by atoms with Crippen molar-refractivity contribution < 1.29 is 4.79 Å². The van der Waals surface area contributed by atoms with E-state index in [-0.39, 0.29) is 0 Å². The van der Waals surface area contributed by atoms with Crippen LogP contribution in [0, 0.1) is 0 Å². The van der Waals surface area contributed by atoms with E-state index in [0.717, 1.165) is 11.4 Å². The summed E-state index contributed by atoms with van der Waals surface area (Å²) in [6.45, 7) is 0.656. The Bertz CT molecular complexity index is 498. The van der Waals surface area contributed by atoms with Crippen LogP contribution in [0.15, 0.2) is 35.2 Å². The molecule has 4 N–H and O–H groups in total. The molecule has 0 radical (unpaired) electrons. The fourth-order valence-corrected chi connectivity index (χ4v) is 1.93. The molecule has 0 unspecified atom stereocenters. The summed E-state index contributed by atoms with van der Waals surface area (Å²) in [6, 6.07) is 6.78. The van der Waals surface area contributed by atoms with Crippen molar-refractivity contribution in [2.75, 3.05) is 10.6 Å². The molecule has 0 fully saturated rings. The molecule has 1 aromatic carbocycles. The Balaban J connectivity index is 1.98. The molecule has 6 heteroatoms. The molecule has 0 aliphatic carbocycles. The van der Waals surface area contributed by atoms with E-state index in [4.69, 9.17) is 5.73 Å². The minimum absolute atomic E-state index is 0.568. The highest BCUT2D eigenvalue weighted by molar-refractivity contribution is 7.07. The van der Waals surface area contributed by atoms with Crippen LogP contribution in [0.5, 0.6) is 0 Å². The molecule has 0 aliphatic heterocycles. The molecule has 5 nitrogen and oxygen atoms in total. The number of urea groups is 1. The molecule has 1 heterocycles. The van der Waals surface area contributed by atoms with E-state index in [1.807, 2.05) is 23.6 Å². The van der Waals surface area contributed by atoms with E-state index >= 15 is 0 Å². The van der Waals surface area contributed by atoms with Gasteiger partial charge in [0.05, 0.1) is 17.7 Å². The van der Waals surface area contributed by atoms with Crippen molar-refractivity contribution in [3.8, 4) is 0 Å². The van der Waals surface area contributed by atoms with Gasteiger partial charge in [-0.25, -0.2) is 9.78 Å². The van der Waals surface area contributed by atoms with E-state index in [9.17, 15) is 4.79 Å². The fourth-order valence-electron chi connectivity index (χ4n) is 1.37. The first-order valence-corrected chi connectivity index (χ1v) is 5.96. The van der Waals surface area contributed by atoms with Gasteiger partial charge in [-0.15, -0.1) is 11.3 Å². The monoisotopic (exact) mass is 248 g/mol. The third kappa shape index (κ3) is 3.46. The van der Waals surface area contributed by atoms with Crippen molar-refractivity contribution in [3.63, 3.8) is 0 Å². The Hall–Kier alpha value is -2.08. The first-order valence-electron chi connectivity index (χ1n) is 5.01. The van der Waals surface area contributed by atoms with Crippen LogP contribution in [0.1, 0.15) is 5.69 Å². The highest BCUT2D eigenvalue weighted by Crippen LogP contribution is 2.15. The Morgan fingerprint density at radius 1 is 1.41 bits per heavy atom. The van der Waals surface area contributed by atoms with Crippen molar-refractivity contribution in [3.05, 3.63) is 40.8 Å². The molecular formula is C11H12N4OS. The zero-order valence-electron chi connectivity index (χ0n) is 9.01. The van der Waals surface area contributed by atoms with Crippen LogP contribution < -0.4 is 16.4 Å². The van der Waals surface area contributed by atoms with Crippen molar-refractivity contribution in [2.45, 2.75) is 6.54 Å². The quantitative estimate of drug-likeness (QED) is 0.776. The predicted octanol–water partition coefficient (Wildman–Crippen LogP) is 2.25. The van der Waals surface area contributed by atoms with E-state index in [1.54, 1.807) is 22.9 Å². The van der Waals surface area contributed by atoms with E-state index in [0.29, 0.717) is 12.2 Å². The number of nitrogens with one attached hydrogen (secondary N) is 2. The van der Waals surface area contributed by atoms with Crippen molar-refractivity contribution in [2.24, 2.45) is 5.73 Å². The van der Waals surface area contributed by atoms with Gasteiger partial charge >= 0.3 is 6.03 Å². The number of hydrogen-bond donors (Lipinski definition) is 3. The van der Waals surface area contributed by atoms with Crippen LogP contribution in [-0.2, 0) is 6.54 Å². The molecule has 0 spiro atoms. The number of thiazole rings is 1. The number of benzene rings is 1. The minimum Gasteiger partial charge on any atom is -0.379 e. The summed E-state index contributed by atoms with van der Waals surface area (Å²) in [5.74, 6) is 0. The second kappa shape index (κ2) is 5.31. The van der Waals surface area contributed by atoms with Gasteiger partial charge in [0.1, 0.15) is 0 Å². The van der Waals surface area contributed by atoms with Crippen molar-refractivity contribution >= 4 is 28.7 Å². The minimum atomic E-state index is -0.568. The lowest BCUT2D eigenvalue weighted by Crippen LogP contribution is -2.19. The first-order chi connectivity index (χ1) is 8.24. The number of rotatable bonds is 4. The molecule has 17 heavy (non-hydrogen) atoms. The SMILES string of the molecule is NC(=O)Nc1cccc(NCc2cscn2)c1. The summed E-state index contributed by atoms with van der Waals surface area (Å²) >= 11 is 1.56. The van der Waals surface area contributed by atoms with Gasteiger partial charge in [-0.05, 0) is 18.2 Å². The maximum absolute atomic E-state index is 10.7. The molecule has 0 aliphatic rings. The molecule has 2 amide bonds. The van der Waals surface area contributed by atoms with Crippen LogP contribution in [0.4, 0.5) is 16.2 Å². The van der Waals surface area contributed by atoms with Gasteiger partial charge in [0.25, 0.3) is 0 Å². The number of aromatic nitrogens is 1. The second-order valence-electron chi connectivity index (χ2n) is 3.40. The predicted molar refractivity (Wildman–Crippen MR) is 69.1 cm³/mol. The molecule has 1 aromatic heterocycles. The third-order valence-corrected chi connectivity index (χ3v) is 2.72. The largest absolute Gasteiger partial charge is 0.379 e. The van der Waals surface area contributed by atoms with Gasteiger partial charge in [-0.2, -0.15) is 0 Å². The summed E-state index contributed by atoms with van der Waals surface area (Å²) in [5.41, 5.74) is 9.40. The summed E-state index contributed by atoms with van der Waals surface area (Å²) in [6.07, 6.45) is 0. The van der Waals surface area contributed by atoms with Crippen LogP contribution >= 0.6 is 11.3 Å². The zero-order valence-corrected chi connectivity index (χ0v) is 9.83. The highest BCUT2D eigenvalue weighted by atomic mass is 32.1. The van der Waals surface area contributed by atoms with Crippen molar-refractivity contribution in [1.82, 2.24) is 4.98 Å². The molecule has 2 rings (SSSR count). The zero-order chi connectivity index (χ0) is 12.1. The number of nitrogens with two attached hydrogens (primary N) is 1. The lowest BCUT2D eigenvalue weighted by Gasteiger charge is -2.07. The molecule has 2 aromatic rings.